The van der Waals surface area contributed by atoms with Gasteiger partial charge in [-0.1, -0.05) is 25.1 Å². The van der Waals surface area contributed by atoms with E-state index < -0.39 is 0 Å². The molecule has 1 aromatic rings. The van der Waals surface area contributed by atoms with Crippen molar-refractivity contribution >= 4 is 5.69 Å². The molecule has 2 rings (SSSR count). The number of hydrogen-bond donors (Lipinski definition) is 2. The van der Waals surface area contributed by atoms with Gasteiger partial charge in [-0.15, -0.1) is 0 Å². The van der Waals surface area contributed by atoms with Crippen LogP contribution in [0.15, 0.2) is 24.3 Å². The van der Waals surface area contributed by atoms with Gasteiger partial charge in [0.1, 0.15) is 0 Å². The van der Waals surface area contributed by atoms with Crippen LogP contribution < -0.4 is 10.2 Å². The average Bonchev–Trinajstić information content (AvgIpc) is 2.70. The normalized spacial score (nSPS) is 19.9. The zero-order valence-corrected chi connectivity index (χ0v) is 11.4. The number of aliphatic hydroxyl groups is 1. The molecule has 0 amide bonds. The molecule has 1 aromatic carbocycles. The number of aliphatic hydroxyl groups excluding tert-OH is 1. The quantitative estimate of drug-likeness (QED) is 0.806. The van der Waals surface area contributed by atoms with Crippen molar-refractivity contribution in [1.29, 1.82) is 0 Å². The fourth-order valence-corrected chi connectivity index (χ4v) is 2.81. The number of para-hydroxylation sites is 1. The standard InChI is InChI=1S/C15H24N2O/c1-3-16-14(11-18)8-9-17-12(2)10-13-6-4-5-7-15(13)17/h4-7,12,14,16,18H,3,8-11H2,1-2H3. The molecule has 1 aliphatic heterocycles. The summed E-state index contributed by atoms with van der Waals surface area (Å²) in [4.78, 5) is 2.47. The van der Waals surface area contributed by atoms with Crippen molar-refractivity contribution < 1.29 is 5.11 Å². The first-order valence-corrected chi connectivity index (χ1v) is 6.95. The highest BCUT2D eigenvalue weighted by molar-refractivity contribution is 5.59. The lowest BCUT2D eigenvalue weighted by atomic mass is 10.1. The van der Waals surface area contributed by atoms with Gasteiger partial charge < -0.3 is 15.3 Å². The van der Waals surface area contributed by atoms with Crippen LogP contribution in [0, 0.1) is 0 Å². The second-order valence-electron chi connectivity index (χ2n) is 5.10. The van der Waals surface area contributed by atoms with Gasteiger partial charge >= 0.3 is 0 Å². The summed E-state index contributed by atoms with van der Waals surface area (Å²) in [7, 11) is 0. The Hall–Kier alpha value is -1.06. The van der Waals surface area contributed by atoms with Crippen molar-refractivity contribution in [2.75, 3.05) is 24.6 Å². The molecule has 18 heavy (non-hydrogen) atoms. The zero-order valence-electron chi connectivity index (χ0n) is 11.4. The van der Waals surface area contributed by atoms with Crippen LogP contribution in [0.3, 0.4) is 0 Å². The Labute approximate surface area is 110 Å². The lowest BCUT2D eigenvalue weighted by Crippen LogP contribution is -2.38. The maximum atomic E-state index is 9.31. The first-order valence-electron chi connectivity index (χ1n) is 6.95. The van der Waals surface area contributed by atoms with Gasteiger partial charge in [0.15, 0.2) is 0 Å². The van der Waals surface area contributed by atoms with Crippen molar-refractivity contribution in [2.24, 2.45) is 0 Å². The Morgan fingerprint density at radius 3 is 2.94 bits per heavy atom. The van der Waals surface area contributed by atoms with E-state index in [4.69, 9.17) is 0 Å². The summed E-state index contributed by atoms with van der Waals surface area (Å²) < 4.78 is 0. The smallest absolute Gasteiger partial charge is 0.0585 e. The molecule has 1 aliphatic rings. The number of anilines is 1. The van der Waals surface area contributed by atoms with Gasteiger partial charge in [-0.25, -0.2) is 0 Å². The van der Waals surface area contributed by atoms with E-state index >= 15 is 0 Å². The SMILES string of the molecule is CCNC(CO)CCN1c2ccccc2CC1C. The van der Waals surface area contributed by atoms with Crippen LogP contribution in [-0.2, 0) is 6.42 Å². The van der Waals surface area contributed by atoms with Gasteiger partial charge in [-0.3, -0.25) is 0 Å². The zero-order chi connectivity index (χ0) is 13.0. The van der Waals surface area contributed by atoms with E-state index in [1.165, 1.54) is 11.3 Å². The van der Waals surface area contributed by atoms with E-state index in [1.807, 2.05) is 0 Å². The molecule has 0 spiro atoms. The summed E-state index contributed by atoms with van der Waals surface area (Å²) >= 11 is 0. The van der Waals surface area contributed by atoms with Crippen molar-refractivity contribution in [3.05, 3.63) is 29.8 Å². The average molecular weight is 248 g/mol. The lowest BCUT2D eigenvalue weighted by Gasteiger charge is -2.27. The second kappa shape index (κ2) is 6.21. The van der Waals surface area contributed by atoms with Crippen LogP contribution in [0.25, 0.3) is 0 Å². The Morgan fingerprint density at radius 1 is 1.44 bits per heavy atom. The van der Waals surface area contributed by atoms with Gasteiger partial charge in [-0.2, -0.15) is 0 Å². The van der Waals surface area contributed by atoms with Gasteiger partial charge in [0.2, 0.25) is 0 Å². The number of fused-ring (bicyclic) bond motifs is 1. The van der Waals surface area contributed by atoms with Crippen LogP contribution >= 0.6 is 0 Å². The summed E-state index contributed by atoms with van der Waals surface area (Å²) in [6, 6.07) is 9.44. The van der Waals surface area contributed by atoms with E-state index in [2.05, 4.69) is 48.3 Å². The van der Waals surface area contributed by atoms with Gasteiger partial charge in [0, 0.05) is 24.3 Å². The summed E-state index contributed by atoms with van der Waals surface area (Å²) in [6.07, 6.45) is 2.13. The number of nitrogens with one attached hydrogen (secondary N) is 1. The highest BCUT2D eigenvalue weighted by atomic mass is 16.3. The molecular weight excluding hydrogens is 224 g/mol. The monoisotopic (exact) mass is 248 g/mol. The molecule has 0 aliphatic carbocycles. The summed E-state index contributed by atoms with van der Waals surface area (Å²) in [5.74, 6) is 0. The topological polar surface area (TPSA) is 35.5 Å². The molecular formula is C15H24N2O. The molecule has 2 N–H and O–H groups in total. The number of likely N-dealkylation sites (N-methyl/N-ethyl adjacent to an activating group) is 1. The number of benzene rings is 1. The molecule has 0 saturated heterocycles. The molecule has 100 valence electrons. The molecule has 3 heteroatoms. The minimum absolute atomic E-state index is 0.218. The van der Waals surface area contributed by atoms with Crippen LogP contribution in [0.2, 0.25) is 0 Å². The van der Waals surface area contributed by atoms with Crippen LogP contribution in [0.1, 0.15) is 25.8 Å². The summed E-state index contributed by atoms with van der Waals surface area (Å²) in [5.41, 5.74) is 2.83. The summed E-state index contributed by atoms with van der Waals surface area (Å²) in [6.45, 7) is 6.50. The van der Waals surface area contributed by atoms with E-state index in [-0.39, 0.29) is 12.6 Å². The second-order valence-corrected chi connectivity index (χ2v) is 5.10. The maximum absolute atomic E-state index is 9.31. The van der Waals surface area contributed by atoms with Gasteiger partial charge in [0.05, 0.1) is 6.61 Å². The molecule has 2 unspecified atom stereocenters. The van der Waals surface area contributed by atoms with Crippen molar-refractivity contribution in [3.63, 3.8) is 0 Å². The third-order valence-electron chi connectivity index (χ3n) is 3.78. The Kier molecular flexibility index (Phi) is 4.61. The third kappa shape index (κ3) is 2.85. The van der Waals surface area contributed by atoms with Crippen LogP contribution in [0.4, 0.5) is 5.69 Å². The van der Waals surface area contributed by atoms with E-state index in [0.717, 1.165) is 25.9 Å². The number of nitrogens with zero attached hydrogens (tertiary/aromatic N) is 1. The number of rotatable bonds is 6. The van der Waals surface area contributed by atoms with E-state index in [9.17, 15) is 5.11 Å². The van der Waals surface area contributed by atoms with Gasteiger partial charge in [0.25, 0.3) is 0 Å². The van der Waals surface area contributed by atoms with E-state index in [1.54, 1.807) is 0 Å². The molecule has 0 aromatic heterocycles. The molecule has 0 saturated carbocycles. The molecule has 1 heterocycles. The van der Waals surface area contributed by atoms with Crippen LogP contribution in [0.5, 0.6) is 0 Å². The fourth-order valence-electron chi connectivity index (χ4n) is 2.81. The Balaban J connectivity index is 1.97. The maximum Gasteiger partial charge on any atom is 0.0585 e. The predicted octanol–water partition coefficient (Wildman–Crippen LogP) is 1.80. The van der Waals surface area contributed by atoms with Crippen molar-refractivity contribution in [2.45, 2.75) is 38.8 Å². The first-order chi connectivity index (χ1) is 8.76. The highest BCUT2D eigenvalue weighted by Crippen LogP contribution is 2.31. The van der Waals surface area contributed by atoms with Crippen LogP contribution in [-0.4, -0.2) is 36.9 Å². The van der Waals surface area contributed by atoms with E-state index in [0.29, 0.717) is 6.04 Å². The molecule has 0 radical (unpaired) electrons. The highest BCUT2D eigenvalue weighted by Gasteiger charge is 2.25. The third-order valence-corrected chi connectivity index (χ3v) is 3.78. The fraction of sp³-hybridized carbons (Fsp3) is 0.600. The molecule has 0 bridgehead atoms. The largest absolute Gasteiger partial charge is 0.395 e. The minimum Gasteiger partial charge on any atom is -0.395 e. The minimum atomic E-state index is 0.218. The Bertz CT molecular complexity index is 381. The number of hydrogen-bond acceptors (Lipinski definition) is 3. The molecule has 0 fully saturated rings. The van der Waals surface area contributed by atoms with Crippen molar-refractivity contribution in [1.82, 2.24) is 5.32 Å². The lowest BCUT2D eigenvalue weighted by molar-refractivity contribution is 0.238. The van der Waals surface area contributed by atoms with Crippen molar-refractivity contribution in [3.8, 4) is 0 Å². The predicted molar refractivity (Wildman–Crippen MR) is 76.1 cm³/mol. The Morgan fingerprint density at radius 2 is 2.22 bits per heavy atom. The van der Waals surface area contributed by atoms with Gasteiger partial charge in [-0.05, 0) is 37.9 Å². The molecule has 2 atom stereocenters. The molecule has 3 nitrogen and oxygen atoms in total. The summed E-state index contributed by atoms with van der Waals surface area (Å²) in [5, 5.41) is 12.6. The first kappa shape index (κ1) is 13.4.